The van der Waals surface area contributed by atoms with Crippen LogP contribution in [0.4, 0.5) is 0 Å². The van der Waals surface area contributed by atoms with Gasteiger partial charge < -0.3 is 24.7 Å². The Hall–Kier alpha value is -1.37. The second-order valence-corrected chi connectivity index (χ2v) is 5.02. The molecule has 1 fully saturated rings. The van der Waals surface area contributed by atoms with E-state index in [1.807, 2.05) is 0 Å². The third-order valence-corrected chi connectivity index (χ3v) is 3.09. The molecule has 0 saturated carbocycles. The van der Waals surface area contributed by atoms with Crippen molar-refractivity contribution in [2.45, 2.75) is 45.1 Å². The van der Waals surface area contributed by atoms with Crippen molar-refractivity contribution < 1.29 is 24.2 Å². The van der Waals surface area contributed by atoms with Crippen molar-refractivity contribution in [3.8, 4) is 0 Å². The molecule has 1 saturated heterocycles. The Labute approximate surface area is 111 Å². The first-order chi connectivity index (χ1) is 8.90. The molecule has 3 N–H and O–H groups in total. The molecule has 2 rings (SSSR count). The van der Waals surface area contributed by atoms with Crippen LogP contribution in [-0.4, -0.2) is 41.0 Å². The Kier molecular flexibility index (Phi) is 3.93. The third-order valence-electron chi connectivity index (χ3n) is 3.09. The molecule has 19 heavy (non-hydrogen) atoms. The molecule has 1 aliphatic rings. The number of β-amino-alcohol motifs (C(OH)–C–C–N with tert-alkyl or cyclic N) is 1. The second kappa shape index (κ2) is 5.32. The highest BCUT2D eigenvalue weighted by atomic mass is 16.5. The van der Waals surface area contributed by atoms with Gasteiger partial charge in [0.25, 0.3) is 0 Å². The van der Waals surface area contributed by atoms with Gasteiger partial charge in [-0.3, -0.25) is 0 Å². The SMILES string of the molecule is Cc1oc([C@@H]2NC[C@@H](O)[C@H]2O)cc1C(=O)OC(C)C. The van der Waals surface area contributed by atoms with E-state index in [1.54, 1.807) is 26.8 Å². The van der Waals surface area contributed by atoms with Gasteiger partial charge in [-0.05, 0) is 26.8 Å². The maximum Gasteiger partial charge on any atom is 0.341 e. The molecule has 0 unspecified atom stereocenters. The number of rotatable bonds is 3. The minimum atomic E-state index is -0.945. The zero-order valence-electron chi connectivity index (χ0n) is 11.2. The fraction of sp³-hybridized carbons (Fsp3) is 0.615. The lowest BCUT2D eigenvalue weighted by atomic mass is 10.1. The summed E-state index contributed by atoms with van der Waals surface area (Å²) < 4.78 is 10.6. The summed E-state index contributed by atoms with van der Waals surface area (Å²) >= 11 is 0. The fourth-order valence-electron chi connectivity index (χ4n) is 2.12. The first-order valence-corrected chi connectivity index (χ1v) is 6.31. The minimum Gasteiger partial charge on any atom is -0.464 e. The van der Waals surface area contributed by atoms with Gasteiger partial charge in [0, 0.05) is 6.54 Å². The van der Waals surface area contributed by atoms with E-state index in [0.29, 0.717) is 17.1 Å². The van der Waals surface area contributed by atoms with Crippen LogP contribution < -0.4 is 5.32 Å². The first kappa shape index (κ1) is 14.0. The van der Waals surface area contributed by atoms with Crippen molar-refractivity contribution >= 4 is 5.97 Å². The van der Waals surface area contributed by atoms with Crippen molar-refractivity contribution in [3.05, 3.63) is 23.2 Å². The predicted molar refractivity (Wildman–Crippen MR) is 66.8 cm³/mol. The number of aliphatic hydroxyl groups is 2. The smallest absolute Gasteiger partial charge is 0.341 e. The number of esters is 1. The Bertz CT molecular complexity index is 468. The topological polar surface area (TPSA) is 91.9 Å². The van der Waals surface area contributed by atoms with Crippen LogP contribution in [0, 0.1) is 6.92 Å². The van der Waals surface area contributed by atoms with E-state index >= 15 is 0 Å². The Morgan fingerprint density at radius 2 is 2.21 bits per heavy atom. The van der Waals surface area contributed by atoms with Crippen LogP contribution >= 0.6 is 0 Å². The number of nitrogens with one attached hydrogen (secondary N) is 1. The van der Waals surface area contributed by atoms with Gasteiger partial charge in [-0.25, -0.2) is 4.79 Å². The number of aryl methyl sites for hydroxylation is 1. The molecular formula is C13H19NO5. The van der Waals surface area contributed by atoms with Gasteiger partial charge in [0.05, 0.1) is 18.2 Å². The molecular weight excluding hydrogens is 250 g/mol. The average molecular weight is 269 g/mol. The zero-order chi connectivity index (χ0) is 14.2. The molecule has 1 aliphatic heterocycles. The summed E-state index contributed by atoms with van der Waals surface area (Å²) in [6.07, 6.45) is -1.98. The van der Waals surface area contributed by atoms with Crippen LogP contribution in [0.1, 0.15) is 41.8 Å². The van der Waals surface area contributed by atoms with Gasteiger partial charge in [-0.15, -0.1) is 0 Å². The summed E-state index contributed by atoms with van der Waals surface area (Å²) in [7, 11) is 0. The highest BCUT2D eigenvalue weighted by Crippen LogP contribution is 2.28. The van der Waals surface area contributed by atoms with E-state index in [1.165, 1.54) is 0 Å². The molecule has 0 spiro atoms. The van der Waals surface area contributed by atoms with E-state index in [9.17, 15) is 15.0 Å². The van der Waals surface area contributed by atoms with Crippen molar-refractivity contribution in [2.24, 2.45) is 0 Å². The summed E-state index contributed by atoms with van der Waals surface area (Å²) in [5.74, 6) is 0.420. The lowest BCUT2D eigenvalue weighted by molar-refractivity contribution is 0.0368. The summed E-state index contributed by atoms with van der Waals surface area (Å²) in [5, 5.41) is 22.2. The summed E-state index contributed by atoms with van der Waals surface area (Å²) in [6.45, 7) is 5.50. The molecule has 1 aromatic heterocycles. The molecule has 3 atom stereocenters. The van der Waals surface area contributed by atoms with Gasteiger partial charge in [0.15, 0.2) is 0 Å². The number of furan rings is 1. The molecule has 0 amide bonds. The number of aliphatic hydroxyl groups excluding tert-OH is 2. The molecule has 1 aromatic rings. The lowest BCUT2D eigenvalue weighted by Gasteiger charge is -2.12. The molecule has 0 bridgehead atoms. The second-order valence-electron chi connectivity index (χ2n) is 5.02. The van der Waals surface area contributed by atoms with Gasteiger partial charge in [0.1, 0.15) is 23.2 Å². The molecule has 106 valence electrons. The van der Waals surface area contributed by atoms with Crippen molar-refractivity contribution in [1.82, 2.24) is 5.32 Å². The molecule has 0 radical (unpaired) electrons. The summed E-state index contributed by atoms with van der Waals surface area (Å²) in [4.78, 5) is 11.8. The molecule has 0 aliphatic carbocycles. The van der Waals surface area contributed by atoms with E-state index in [4.69, 9.17) is 9.15 Å². The van der Waals surface area contributed by atoms with Crippen molar-refractivity contribution in [1.29, 1.82) is 0 Å². The summed E-state index contributed by atoms with van der Waals surface area (Å²) in [5.41, 5.74) is 0.346. The Morgan fingerprint density at radius 3 is 2.74 bits per heavy atom. The van der Waals surface area contributed by atoms with E-state index < -0.39 is 24.2 Å². The van der Waals surface area contributed by atoms with Gasteiger partial charge >= 0.3 is 5.97 Å². The van der Waals surface area contributed by atoms with Crippen LogP contribution in [-0.2, 0) is 4.74 Å². The summed E-state index contributed by atoms with van der Waals surface area (Å²) in [6, 6.07) is 1.05. The maximum atomic E-state index is 11.8. The van der Waals surface area contributed by atoms with Gasteiger partial charge in [0.2, 0.25) is 0 Å². The zero-order valence-corrected chi connectivity index (χ0v) is 11.2. The standard InChI is InChI=1S/C13H19NO5/c1-6(2)18-13(17)8-4-10(19-7(8)3)11-12(16)9(15)5-14-11/h4,6,9,11-12,14-16H,5H2,1-3H3/t9-,11+,12-/m1/s1. The average Bonchev–Trinajstić information content (AvgIpc) is 2.83. The number of carbonyl (C=O) groups is 1. The van der Waals surface area contributed by atoms with E-state index in [2.05, 4.69) is 5.32 Å². The monoisotopic (exact) mass is 269 g/mol. The van der Waals surface area contributed by atoms with Crippen LogP contribution in [0.2, 0.25) is 0 Å². The largest absolute Gasteiger partial charge is 0.464 e. The fourth-order valence-corrected chi connectivity index (χ4v) is 2.12. The van der Waals surface area contributed by atoms with Crippen LogP contribution in [0.5, 0.6) is 0 Å². The molecule has 6 nitrogen and oxygen atoms in total. The van der Waals surface area contributed by atoms with Gasteiger partial charge in [-0.1, -0.05) is 0 Å². The number of hydrogen-bond acceptors (Lipinski definition) is 6. The Morgan fingerprint density at radius 1 is 1.53 bits per heavy atom. The first-order valence-electron chi connectivity index (χ1n) is 6.31. The molecule has 0 aromatic carbocycles. The highest BCUT2D eigenvalue weighted by Gasteiger charge is 2.37. The van der Waals surface area contributed by atoms with Crippen molar-refractivity contribution in [3.63, 3.8) is 0 Å². The molecule has 6 heteroatoms. The van der Waals surface area contributed by atoms with Crippen LogP contribution in [0.25, 0.3) is 0 Å². The van der Waals surface area contributed by atoms with Crippen LogP contribution in [0.3, 0.4) is 0 Å². The van der Waals surface area contributed by atoms with Gasteiger partial charge in [-0.2, -0.15) is 0 Å². The Balaban J connectivity index is 2.19. The molecule has 2 heterocycles. The quantitative estimate of drug-likeness (QED) is 0.693. The highest BCUT2D eigenvalue weighted by molar-refractivity contribution is 5.90. The van der Waals surface area contributed by atoms with E-state index in [-0.39, 0.29) is 12.6 Å². The van der Waals surface area contributed by atoms with Crippen LogP contribution in [0.15, 0.2) is 10.5 Å². The lowest BCUT2D eigenvalue weighted by Crippen LogP contribution is -2.25. The third kappa shape index (κ3) is 2.80. The maximum absolute atomic E-state index is 11.8. The van der Waals surface area contributed by atoms with E-state index in [0.717, 1.165) is 0 Å². The minimum absolute atomic E-state index is 0.206. The number of ether oxygens (including phenoxy) is 1. The van der Waals surface area contributed by atoms with Crippen molar-refractivity contribution in [2.75, 3.05) is 6.54 Å². The predicted octanol–water partition coefficient (Wildman–Crippen LogP) is 0.519. The number of hydrogen-bond donors (Lipinski definition) is 3. The number of carbonyl (C=O) groups excluding carboxylic acids is 1. The normalized spacial score (nSPS) is 26.9.